The quantitative estimate of drug-likeness (QED) is 0.796. The first-order valence-electron chi connectivity index (χ1n) is 6.20. The normalized spacial score (nSPS) is 16.8. The summed E-state index contributed by atoms with van der Waals surface area (Å²) in [5.74, 6) is 1.35. The Morgan fingerprint density at radius 1 is 1.40 bits per heavy atom. The Morgan fingerprint density at radius 3 is 2.95 bits per heavy atom. The van der Waals surface area contributed by atoms with E-state index in [1.807, 2.05) is 12.1 Å². The summed E-state index contributed by atoms with van der Waals surface area (Å²) in [5.41, 5.74) is 0.563. The lowest BCUT2D eigenvalue weighted by atomic mass is 10.2. The van der Waals surface area contributed by atoms with E-state index in [2.05, 4.69) is 5.16 Å². The fraction of sp³-hybridized carbons (Fsp3) is 0.286. The standard InChI is InChI=1S/C14H13NO5/c1-9-6-10(15-20-9)7-18-14(16)13-8-17-11-4-2-3-5-12(11)19-13/h2-6,13H,7-8H2,1H3/t13-/m1/s1. The molecule has 1 aliphatic heterocycles. The molecular formula is C14H13NO5. The van der Waals surface area contributed by atoms with E-state index in [4.69, 9.17) is 18.7 Å². The molecule has 3 rings (SSSR count). The minimum atomic E-state index is -0.766. The van der Waals surface area contributed by atoms with Gasteiger partial charge in [-0.2, -0.15) is 0 Å². The van der Waals surface area contributed by atoms with Crippen LogP contribution in [0.3, 0.4) is 0 Å². The predicted molar refractivity (Wildman–Crippen MR) is 67.4 cm³/mol. The van der Waals surface area contributed by atoms with Crippen molar-refractivity contribution in [3.63, 3.8) is 0 Å². The van der Waals surface area contributed by atoms with Crippen molar-refractivity contribution >= 4 is 5.97 Å². The zero-order valence-corrected chi connectivity index (χ0v) is 10.9. The van der Waals surface area contributed by atoms with Crippen molar-refractivity contribution in [2.24, 2.45) is 0 Å². The summed E-state index contributed by atoms with van der Waals surface area (Å²) in [6, 6.07) is 8.90. The summed E-state index contributed by atoms with van der Waals surface area (Å²) in [4.78, 5) is 11.9. The van der Waals surface area contributed by atoms with Crippen LogP contribution in [0.4, 0.5) is 0 Å². The summed E-state index contributed by atoms with van der Waals surface area (Å²) < 4.78 is 21.0. The Kier molecular flexibility index (Phi) is 3.28. The molecule has 0 spiro atoms. The lowest BCUT2D eigenvalue weighted by molar-refractivity contribution is -0.156. The molecule has 1 aromatic heterocycles. The molecule has 6 heteroatoms. The maximum atomic E-state index is 11.9. The number of esters is 1. The smallest absolute Gasteiger partial charge is 0.351 e. The maximum Gasteiger partial charge on any atom is 0.351 e. The molecule has 0 saturated carbocycles. The summed E-state index contributed by atoms with van der Waals surface area (Å²) in [5, 5.41) is 3.74. The zero-order valence-electron chi connectivity index (χ0n) is 10.9. The Hall–Kier alpha value is -2.50. The van der Waals surface area contributed by atoms with Gasteiger partial charge in [-0.3, -0.25) is 0 Å². The lowest BCUT2D eigenvalue weighted by Gasteiger charge is -2.24. The molecule has 0 N–H and O–H groups in total. The third-order valence-corrected chi connectivity index (χ3v) is 2.81. The SMILES string of the molecule is Cc1cc(COC(=O)[C@H]2COc3ccccc3O2)no1. The Labute approximate surface area is 115 Å². The summed E-state index contributed by atoms with van der Waals surface area (Å²) in [7, 11) is 0. The minimum absolute atomic E-state index is 0.0533. The van der Waals surface area contributed by atoms with Gasteiger partial charge in [0.15, 0.2) is 11.5 Å². The third kappa shape index (κ3) is 2.59. The Bertz CT molecular complexity index is 622. The number of carbonyl (C=O) groups excluding carboxylic acids is 1. The first kappa shape index (κ1) is 12.5. The average Bonchev–Trinajstić information content (AvgIpc) is 2.90. The highest BCUT2D eigenvalue weighted by atomic mass is 16.6. The van der Waals surface area contributed by atoms with Gasteiger partial charge in [-0.25, -0.2) is 4.79 Å². The summed E-state index contributed by atoms with van der Waals surface area (Å²) >= 11 is 0. The molecule has 0 aliphatic carbocycles. The highest BCUT2D eigenvalue weighted by molar-refractivity contribution is 5.75. The number of ether oxygens (including phenoxy) is 3. The van der Waals surface area contributed by atoms with Crippen LogP contribution in [0.25, 0.3) is 0 Å². The van der Waals surface area contributed by atoms with Crippen LogP contribution in [0.5, 0.6) is 11.5 Å². The molecule has 0 saturated heterocycles. The van der Waals surface area contributed by atoms with Gasteiger partial charge in [-0.1, -0.05) is 17.3 Å². The largest absolute Gasteiger partial charge is 0.485 e. The van der Waals surface area contributed by atoms with Gasteiger partial charge >= 0.3 is 5.97 Å². The lowest BCUT2D eigenvalue weighted by Crippen LogP contribution is -2.37. The fourth-order valence-electron chi connectivity index (χ4n) is 1.86. The molecule has 0 bridgehead atoms. The van der Waals surface area contributed by atoms with Crippen LogP contribution in [-0.4, -0.2) is 23.8 Å². The van der Waals surface area contributed by atoms with Crippen molar-refractivity contribution in [2.45, 2.75) is 19.6 Å². The van der Waals surface area contributed by atoms with E-state index in [1.54, 1.807) is 25.1 Å². The summed E-state index contributed by atoms with van der Waals surface area (Å²) in [6.45, 7) is 1.96. The van der Waals surface area contributed by atoms with Gasteiger partial charge in [-0.15, -0.1) is 0 Å². The highest BCUT2D eigenvalue weighted by Crippen LogP contribution is 2.31. The number of carbonyl (C=O) groups is 1. The molecule has 0 amide bonds. The van der Waals surface area contributed by atoms with E-state index in [-0.39, 0.29) is 13.2 Å². The van der Waals surface area contributed by atoms with Gasteiger partial charge in [0.2, 0.25) is 6.10 Å². The van der Waals surface area contributed by atoms with Gasteiger partial charge in [0.1, 0.15) is 24.7 Å². The average molecular weight is 275 g/mol. The van der Waals surface area contributed by atoms with Crippen molar-refractivity contribution in [1.29, 1.82) is 0 Å². The Morgan fingerprint density at radius 2 is 2.20 bits per heavy atom. The van der Waals surface area contributed by atoms with Gasteiger partial charge in [0, 0.05) is 6.07 Å². The number of aromatic nitrogens is 1. The van der Waals surface area contributed by atoms with E-state index in [1.165, 1.54) is 0 Å². The van der Waals surface area contributed by atoms with Crippen molar-refractivity contribution in [2.75, 3.05) is 6.61 Å². The number of para-hydroxylation sites is 2. The summed E-state index contributed by atoms with van der Waals surface area (Å²) in [6.07, 6.45) is -0.766. The van der Waals surface area contributed by atoms with E-state index in [9.17, 15) is 4.79 Å². The second kappa shape index (κ2) is 5.24. The second-order valence-corrected chi connectivity index (χ2v) is 4.40. The van der Waals surface area contributed by atoms with Gasteiger partial charge in [-0.05, 0) is 19.1 Å². The third-order valence-electron chi connectivity index (χ3n) is 2.81. The van der Waals surface area contributed by atoms with Crippen LogP contribution in [0, 0.1) is 6.92 Å². The molecular weight excluding hydrogens is 262 g/mol. The number of hydrogen-bond acceptors (Lipinski definition) is 6. The van der Waals surface area contributed by atoms with Crippen molar-refractivity contribution in [3.8, 4) is 11.5 Å². The van der Waals surface area contributed by atoms with Gasteiger partial charge in [0.05, 0.1) is 0 Å². The molecule has 6 nitrogen and oxygen atoms in total. The van der Waals surface area contributed by atoms with Gasteiger partial charge in [0.25, 0.3) is 0 Å². The number of aryl methyl sites for hydroxylation is 1. The van der Waals surface area contributed by atoms with E-state index >= 15 is 0 Å². The zero-order chi connectivity index (χ0) is 13.9. The topological polar surface area (TPSA) is 70.8 Å². The van der Waals surface area contributed by atoms with E-state index in [0.29, 0.717) is 23.0 Å². The number of nitrogens with zero attached hydrogens (tertiary/aromatic N) is 1. The molecule has 2 heterocycles. The van der Waals surface area contributed by atoms with Crippen molar-refractivity contribution in [3.05, 3.63) is 41.8 Å². The number of benzene rings is 1. The van der Waals surface area contributed by atoms with E-state index in [0.717, 1.165) is 0 Å². The van der Waals surface area contributed by atoms with Crippen molar-refractivity contribution < 1.29 is 23.5 Å². The van der Waals surface area contributed by atoms with Crippen molar-refractivity contribution in [1.82, 2.24) is 5.16 Å². The molecule has 2 aromatic rings. The molecule has 20 heavy (non-hydrogen) atoms. The monoisotopic (exact) mass is 275 g/mol. The first-order chi connectivity index (χ1) is 9.72. The first-order valence-corrected chi connectivity index (χ1v) is 6.20. The highest BCUT2D eigenvalue weighted by Gasteiger charge is 2.28. The minimum Gasteiger partial charge on any atom is -0.485 e. The van der Waals surface area contributed by atoms with Crippen LogP contribution < -0.4 is 9.47 Å². The van der Waals surface area contributed by atoms with Gasteiger partial charge < -0.3 is 18.7 Å². The van der Waals surface area contributed by atoms with Crippen LogP contribution in [-0.2, 0) is 16.1 Å². The molecule has 104 valence electrons. The molecule has 0 radical (unpaired) electrons. The fourth-order valence-corrected chi connectivity index (χ4v) is 1.86. The second-order valence-electron chi connectivity index (χ2n) is 4.40. The number of fused-ring (bicyclic) bond motifs is 1. The van der Waals surface area contributed by atoms with Crippen LogP contribution in [0.2, 0.25) is 0 Å². The maximum absolute atomic E-state index is 11.9. The number of rotatable bonds is 3. The molecule has 1 aliphatic rings. The molecule has 0 fully saturated rings. The molecule has 1 aromatic carbocycles. The van der Waals surface area contributed by atoms with Crippen LogP contribution in [0.15, 0.2) is 34.9 Å². The molecule has 0 unspecified atom stereocenters. The molecule has 1 atom stereocenters. The van der Waals surface area contributed by atoms with Crippen LogP contribution in [0.1, 0.15) is 11.5 Å². The van der Waals surface area contributed by atoms with Crippen LogP contribution >= 0.6 is 0 Å². The van der Waals surface area contributed by atoms with E-state index < -0.39 is 12.1 Å². The Balaban J connectivity index is 1.59. The number of hydrogen-bond donors (Lipinski definition) is 0. The predicted octanol–water partition coefficient (Wildman–Crippen LogP) is 1.87.